The first-order valence-electron chi connectivity index (χ1n) is 7.09. The summed E-state index contributed by atoms with van der Waals surface area (Å²) in [5.41, 5.74) is 1.32. The third kappa shape index (κ3) is 2.98. The van der Waals surface area contributed by atoms with E-state index in [2.05, 4.69) is 10.3 Å². The van der Waals surface area contributed by atoms with Gasteiger partial charge in [-0.1, -0.05) is 35.5 Å². The molecule has 0 radical (unpaired) electrons. The topological polar surface area (TPSA) is 88.3 Å². The molecular formula is C15H16N4O3. The van der Waals surface area contributed by atoms with Crippen LogP contribution in [0.4, 0.5) is 0 Å². The van der Waals surface area contributed by atoms with Crippen LogP contribution in [0.1, 0.15) is 22.5 Å². The number of hydrogen-bond acceptors (Lipinski definition) is 4. The van der Waals surface area contributed by atoms with Gasteiger partial charge in [0.2, 0.25) is 0 Å². The summed E-state index contributed by atoms with van der Waals surface area (Å²) in [6.45, 7) is 1.22. The summed E-state index contributed by atoms with van der Waals surface area (Å²) in [5, 5.41) is 16.8. The number of benzene rings is 1. The summed E-state index contributed by atoms with van der Waals surface area (Å²) in [6, 6.07) is 9.76. The third-order valence-corrected chi connectivity index (χ3v) is 3.77. The molecule has 1 aliphatic heterocycles. The summed E-state index contributed by atoms with van der Waals surface area (Å²) in [4.78, 5) is 24.8. The molecule has 1 N–H and O–H groups in total. The van der Waals surface area contributed by atoms with Crippen molar-refractivity contribution in [2.75, 3.05) is 13.1 Å². The van der Waals surface area contributed by atoms with E-state index in [0.717, 1.165) is 5.56 Å². The SMILES string of the molecule is O=C(O)C1CCN(C(=O)c2cn(Cc3ccccc3)nn2)C1. The van der Waals surface area contributed by atoms with Crippen molar-refractivity contribution < 1.29 is 14.7 Å². The third-order valence-electron chi connectivity index (χ3n) is 3.77. The molecule has 2 aromatic rings. The Bertz CT molecular complexity index is 683. The number of carboxylic acid groups (broad SMARTS) is 1. The van der Waals surface area contributed by atoms with E-state index in [4.69, 9.17) is 5.11 Å². The Balaban J connectivity index is 1.66. The lowest BCUT2D eigenvalue weighted by molar-refractivity contribution is -0.141. The standard InChI is InChI=1S/C15H16N4O3/c20-14(18-7-6-12(9-18)15(21)22)13-10-19(17-16-13)8-11-4-2-1-3-5-11/h1-5,10,12H,6-9H2,(H,21,22). The Morgan fingerprint density at radius 2 is 2.05 bits per heavy atom. The van der Waals surface area contributed by atoms with E-state index in [0.29, 0.717) is 19.5 Å². The van der Waals surface area contributed by atoms with Crippen molar-refractivity contribution in [3.8, 4) is 0 Å². The molecular weight excluding hydrogens is 284 g/mol. The normalized spacial score (nSPS) is 17.6. The van der Waals surface area contributed by atoms with Crippen LogP contribution in [-0.4, -0.2) is 50.0 Å². The van der Waals surface area contributed by atoms with Crippen LogP contribution in [0.2, 0.25) is 0 Å². The highest BCUT2D eigenvalue weighted by atomic mass is 16.4. The molecule has 1 amide bonds. The molecule has 1 aliphatic rings. The van der Waals surface area contributed by atoms with Crippen molar-refractivity contribution in [2.45, 2.75) is 13.0 Å². The van der Waals surface area contributed by atoms with Gasteiger partial charge in [-0.15, -0.1) is 5.10 Å². The number of carbonyl (C=O) groups is 2. The lowest BCUT2D eigenvalue weighted by Gasteiger charge is -2.13. The molecule has 0 spiro atoms. The van der Waals surface area contributed by atoms with Crippen LogP contribution in [0.3, 0.4) is 0 Å². The maximum atomic E-state index is 12.3. The summed E-state index contributed by atoms with van der Waals surface area (Å²) >= 11 is 0. The van der Waals surface area contributed by atoms with Gasteiger partial charge in [0.25, 0.3) is 5.91 Å². The number of aromatic nitrogens is 3. The molecule has 1 atom stereocenters. The van der Waals surface area contributed by atoms with E-state index in [-0.39, 0.29) is 18.1 Å². The molecule has 1 unspecified atom stereocenters. The molecule has 0 saturated carbocycles. The maximum absolute atomic E-state index is 12.3. The van der Waals surface area contributed by atoms with Gasteiger partial charge in [-0.2, -0.15) is 0 Å². The monoisotopic (exact) mass is 300 g/mol. The van der Waals surface area contributed by atoms with Gasteiger partial charge < -0.3 is 10.0 Å². The molecule has 2 heterocycles. The van der Waals surface area contributed by atoms with Crippen LogP contribution in [0, 0.1) is 5.92 Å². The smallest absolute Gasteiger partial charge is 0.308 e. The van der Waals surface area contributed by atoms with Crippen molar-refractivity contribution in [3.63, 3.8) is 0 Å². The zero-order valence-electron chi connectivity index (χ0n) is 11.9. The highest BCUT2D eigenvalue weighted by Gasteiger charge is 2.32. The molecule has 0 aliphatic carbocycles. The Hall–Kier alpha value is -2.70. The van der Waals surface area contributed by atoms with E-state index in [1.807, 2.05) is 30.3 Å². The quantitative estimate of drug-likeness (QED) is 0.905. The van der Waals surface area contributed by atoms with Gasteiger partial charge in [-0.3, -0.25) is 9.59 Å². The summed E-state index contributed by atoms with van der Waals surface area (Å²) < 4.78 is 1.60. The zero-order valence-corrected chi connectivity index (χ0v) is 11.9. The van der Waals surface area contributed by atoms with Crippen molar-refractivity contribution in [3.05, 3.63) is 47.8 Å². The summed E-state index contributed by atoms with van der Waals surface area (Å²) in [7, 11) is 0. The van der Waals surface area contributed by atoms with Gasteiger partial charge in [0.15, 0.2) is 5.69 Å². The van der Waals surface area contributed by atoms with Gasteiger partial charge in [0.1, 0.15) is 0 Å². The lowest BCUT2D eigenvalue weighted by atomic mass is 10.1. The molecule has 1 fully saturated rings. The number of rotatable bonds is 4. The van der Waals surface area contributed by atoms with Crippen molar-refractivity contribution in [1.29, 1.82) is 0 Å². The number of nitrogens with zero attached hydrogens (tertiary/aromatic N) is 4. The van der Waals surface area contributed by atoms with Crippen molar-refractivity contribution >= 4 is 11.9 Å². The van der Waals surface area contributed by atoms with Crippen LogP contribution < -0.4 is 0 Å². The number of carboxylic acids is 1. The predicted molar refractivity (Wildman–Crippen MR) is 77.2 cm³/mol. The first-order valence-corrected chi connectivity index (χ1v) is 7.09. The van der Waals surface area contributed by atoms with Gasteiger partial charge in [0.05, 0.1) is 18.7 Å². The fourth-order valence-electron chi connectivity index (χ4n) is 2.55. The second kappa shape index (κ2) is 5.97. The molecule has 0 bridgehead atoms. The van der Waals surface area contributed by atoms with Gasteiger partial charge >= 0.3 is 5.97 Å². The summed E-state index contributed by atoms with van der Waals surface area (Å²) in [5.74, 6) is -1.60. The highest BCUT2D eigenvalue weighted by molar-refractivity contribution is 5.92. The second-order valence-electron chi connectivity index (χ2n) is 5.36. The van der Waals surface area contributed by atoms with Crippen LogP contribution >= 0.6 is 0 Å². The first-order chi connectivity index (χ1) is 10.6. The first kappa shape index (κ1) is 14.2. The number of carbonyl (C=O) groups excluding carboxylic acids is 1. The largest absolute Gasteiger partial charge is 0.481 e. The molecule has 22 heavy (non-hydrogen) atoms. The predicted octanol–water partition coefficient (Wildman–Crippen LogP) is 0.873. The van der Waals surface area contributed by atoms with Gasteiger partial charge in [-0.05, 0) is 12.0 Å². The molecule has 1 saturated heterocycles. The Kier molecular flexibility index (Phi) is 3.86. The second-order valence-corrected chi connectivity index (χ2v) is 5.36. The van der Waals surface area contributed by atoms with Crippen LogP contribution in [-0.2, 0) is 11.3 Å². The molecule has 7 heteroatoms. The Morgan fingerprint density at radius 3 is 2.73 bits per heavy atom. The van der Waals surface area contributed by atoms with E-state index < -0.39 is 11.9 Å². The van der Waals surface area contributed by atoms with E-state index >= 15 is 0 Å². The number of likely N-dealkylation sites (tertiary alicyclic amines) is 1. The number of aliphatic carboxylic acids is 1. The average Bonchev–Trinajstić information content (AvgIpc) is 3.17. The average molecular weight is 300 g/mol. The van der Waals surface area contributed by atoms with E-state index in [9.17, 15) is 9.59 Å². The minimum absolute atomic E-state index is 0.236. The van der Waals surface area contributed by atoms with Crippen LogP contribution in [0.5, 0.6) is 0 Å². The Labute approximate surface area is 127 Å². The van der Waals surface area contributed by atoms with E-state index in [1.54, 1.807) is 10.9 Å². The number of hydrogen-bond donors (Lipinski definition) is 1. The molecule has 7 nitrogen and oxygen atoms in total. The van der Waals surface area contributed by atoms with Gasteiger partial charge in [0, 0.05) is 13.1 Å². The number of amides is 1. The van der Waals surface area contributed by atoms with Crippen molar-refractivity contribution in [1.82, 2.24) is 19.9 Å². The minimum atomic E-state index is -0.858. The minimum Gasteiger partial charge on any atom is -0.481 e. The zero-order chi connectivity index (χ0) is 15.5. The molecule has 3 rings (SSSR count). The van der Waals surface area contributed by atoms with Crippen LogP contribution in [0.15, 0.2) is 36.5 Å². The van der Waals surface area contributed by atoms with Gasteiger partial charge in [-0.25, -0.2) is 4.68 Å². The Morgan fingerprint density at radius 1 is 1.27 bits per heavy atom. The fourth-order valence-corrected chi connectivity index (χ4v) is 2.55. The highest BCUT2D eigenvalue weighted by Crippen LogP contribution is 2.18. The van der Waals surface area contributed by atoms with Crippen LogP contribution in [0.25, 0.3) is 0 Å². The molecule has 114 valence electrons. The van der Waals surface area contributed by atoms with Crippen molar-refractivity contribution in [2.24, 2.45) is 5.92 Å². The molecule has 1 aromatic heterocycles. The van der Waals surface area contributed by atoms with E-state index in [1.165, 1.54) is 4.90 Å². The lowest BCUT2D eigenvalue weighted by Crippen LogP contribution is -2.30. The molecule has 1 aromatic carbocycles. The fraction of sp³-hybridized carbons (Fsp3) is 0.333. The summed E-state index contributed by atoms with van der Waals surface area (Å²) in [6.07, 6.45) is 2.09. The maximum Gasteiger partial charge on any atom is 0.308 e.